The van der Waals surface area contributed by atoms with Gasteiger partial charge in [-0.3, -0.25) is 4.90 Å². The monoisotopic (exact) mass is 306 g/mol. The van der Waals surface area contributed by atoms with E-state index in [0.29, 0.717) is 11.6 Å². The SMILES string of the molecule is CCC1CNC2(CCCCC2)CN1Cc1cc(C)c(C)s1. The number of piperazine rings is 1. The summed E-state index contributed by atoms with van der Waals surface area (Å²) in [6.45, 7) is 10.4. The highest BCUT2D eigenvalue weighted by atomic mass is 32.1. The fourth-order valence-electron chi connectivity index (χ4n) is 4.12. The topological polar surface area (TPSA) is 15.3 Å². The molecule has 1 aromatic rings. The van der Waals surface area contributed by atoms with E-state index >= 15 is 0 Å². The van der Waals surface area contributed by atoms with E-state index in [4.69, 9.17) is 0 Å². The van der Waals surface area contributed by atoms with Crippen LogP contribution in [0.25, 0.3) is 0 Å². The second-order valence-electron chi connectivity index (χ2n) is 7.14. The second kappa shape index (κ2) is 6.39. The standard InChI is InChI=1S/C18H30N2S/c1-4-16-11-19-18(8-6-5-7-9-18)13-20(16)12-17-10-14(2)15(3)21-17/h10,16,19H,4-9,11-13H2,1-3H3. The first-order valence-corrected chi connectivity index (χ1v) is 9.48. The predicted molar refractivity (Wildman–Crippen MR) is 92.1 cm³/mol. The van der Waals surface area contributed by atoms with Crippen molar-refractivity contribution in [1.82, 2.24) is 10.2 Å². The summed E-state index contributed by atoms with van der Waals surface area (Å²) >= 11 is 1.99. The van der Waals surface area contributed by atoms with Gasteiger partial charge in [0.1, 0.15) is 0 Å². The van der Waals surface area contributed by atoms with Gasteiger partial charge in [-0.1, -0.05) is 26.2 Å². The number of nitrogens with one attached hydrogen (secondary N) is 1. The molecule has 3 heteroatoms. The van der Waals surface area contributed by atoms with Gasteiger partial charge >= 0.3 is 0 Å². The van der Waals surface area contributed by atoms with Crippen molar-refractivity contribution in [3.05, 3.63) is 21.4 Å². The van der Waals surface area contributed by atoms with Crippen LogP contribution in [0.3, 0.4) is 0 Å². The van der Waals surface area contributed by atoms with Crippen LogP contribution in [0.5, 0.6) is 0 Å². The first-order chi connectivity index (χ1) is 10.1. The van der Waals surface area contributed by atoms with Crippen molar-refractivity contribution < 1.29 is 0 Å². The van der Waals surface area contributed by atoms with Crippen molar-refractivity contribution in [3.8, 4) is 0 Å². The van der Waals surface area contributed by atoms with E-state index in [9.17, 15) is 0 Å². The van der Waals surface area contributed by atoms with E-state index < -0.39 is 0 Å². The highest BCUT2D eigenvalue weighted by Crippen LogP contribution is 2.33. The van der Waals surface area contributed by atoms with Gasteiger partial charge in [-0.15, -0.1) is 11.3 Å². The van der Waals surface area contributed by atoms with Crippen molar-refractivity contribution >= 4 is 11.3 Å². The van der Waals surface area contributed by atoms with Gasteiger partial charge in [-0.2, -0.15) is 0 Å². The van der Waals surface area contributed by atoms with Crippen molar-refractivity contribution in [2.24, 2.45) is 0 Å². The number of nitrogens with zero attached hydrogens (tertiary/aromatic N) is 1. The smallest absolute Gasteiger partial charge is 0.0332 e. The van der Waals surface area contributed by atoms with Gasteiger partial charge in [0, 0.05) is 41.0 Å². The lowest BCUT2D eigenvalue weighted by Crippen LogP contribution is -2.64. The molecule has 1 aliphatic carbocycles. The zero-order chi connectivity index (χ0) is 14.9. The van der Waals surface area contributed by atoms with Crippen molar-refractivity contribution in [1.29, 1.82) is 0 Å². The quantitative estimate of drug-likeness (QED) is 0.898. The lowest BCUT2D eigenvalue weighted by Gasteiger charge is -2.49. The molecule has 2 aliphatic rings. The molecule has 2 fully saturated rings. The minimum atomic E-state index is 0.422. The molecule has 0 bridgehead atoms. The number of hydrogen-bond acceptors (Lipinski definition) is 3. The predicted octanol–water partition coefficient (Wildman–Crippen LogP) is 4.25. The van der Waals surface area contributed by atoms with Gasteiger partial charge in [0.15, 0.2) is 0 Å². The molecular weight excluding hydrogens is 276 g/mol. The maximum absolute atomic E-state index is 3.93. The van der Waals surface area contributed by atoms with Gasteiger partial charge in [0.05, 0.1) is 0 Å². The van der Waals surface area contributed by atoms with E-state index in [0.717, 1.165) is 6.54 Å². The van der Waals surface area contributed by atoms with Gasteiger partial charge in [-0.25, -0.2) is 0 Å². The molecule has 3 rings (SSSR count). The normalized spacial score (nSPS) is 26.3. The van der Waals surface area contributed by atoms with E-state index in [2.05, 4.69) is 37.1 Å². The third-order valence-electron chi connectivity index (χ3n) is 5.59. The molecule has 21 heavy (non-hydrogen) atoms. The Morgan fingerprint density at radius 3 is 2.67 bits per heavy atom. The second-order valence-corrected chi connectivity index (χ2v) is 8.48. The van der Waals surface area contributed by atoms with Crippen LogP contribution in [-0.4, -0.2) is 29.6 Å². The third-order valence-corrected chi connectivity index (χ3v) is 6.73. The van der Waals surface area contributed by atoms with E-state index in [1.54, 1.807) is 4.88 Å². The van der Waals surface area contributed by atoms with Crippen LogP contribution in [-0.2, 0) is 6.54 Å². The van der Waals surface area contributed by atoms with Crippen LogP contribution in [0, 0.1) is 13.8 Å². The number of hydrogen-bond donors (Lipinski definition) is 1. The van der Waals surface area contributed by atoms with Crippen LogP contribution < -0.4 is 5.32 Å². The summed E-state index contributed by atoms with van der Waals surface area (Å²) in [5, 5.41) is 3.93. The highest BCUT2D eigenvalue weighted by molar-refractivity contribution is 7.12. The maximum atomic E-state index is 3.93. The summed E-state index contributed by atoms with van der Waals surface area (Å²) in [4.78, 5) is 5.81. The molecule has 0 amide bonds. The van der Waals surface area contributed by atoms with Gasteiger partial charge < -0.3 is 5.32 Å². The Kier molecular flexibility index (Phi) is 4.72. The molecule has 1 spiro atoms. The highest BCUT2D eigenvalue weighted by Gasteiger charge is 2.39. The molecule has 1 atom stereocenters. The minimum Gasteiger partial charge on any atom is -0.308 e. The van der Waals surface area contributed by atoms with Crippen molar-refractivity contribution in [3.63, 3.8) is 0 Å². The largest absolute Gasteiger partial charge is 0.308 e. The molecule has 1 aromatic heterocycles. The molecule has 0 radical (unpaired) electrons. The first-order valence-electron chi connectivity index (χ1n) is 8.67. The van der Waals surface area contributed by atoms with E-state index in [1.165, 1.54) is 62.1 Å². The van der Waals surface area contributed by atoms with Gasteiger partial charge in [0.25, 0.3) is 0 Å². The molecule has 1 saturated heterocycles. The summed E-state index contributed by atoms with van der Waals surface area (Å²) in [7, 11) is 0. The Balaban J connectivity index is 1.73. The van der Waals surface area contributed by atoms with Crippen molar-refractivity contribution in [2.75, 3.05) is 13.1 Å². The summed E-state index contributed by atoms with van der Waals surface area (Å²) in [5.41, 5.74) is 1.89. The van der Waals surface area contributed by atoms with Crippen LogP contribution in [0.2, 0.25) is 0 Å². The zero-order valence-corrected chi connectivity index (χ0v) is 14.7. The zero-order valence-electron chi connectivity index (χ0n) is 13.9. The average Bonchev–Trinajstić information content (AvgIpc) is 2.78. The Morgan fingerprint density at radius 1 is 1.29 bits per heavy atom. The fraction of sp³-hybridized carbons (Fsp3) is 0.778. The molecule has 0 aromatic carbocycles. The van der Waals surface area contributed by atoms with Gasteiger partial charge in [0.2, 0.25) is 0 Å². The molecule has 1 saturated carbocycles. The summed E-state index contributed by atoms with van der Waals surface area (Å²) in [6.07, 6.45) is 8.27. The van der Waals surface area contributed by atoms with Crippen LogP contribution in [0.1, 0.15) is 60.8 Å². The van der Waals surface area contributed by atoms with Gasteiger partial charge in [-0.05, 0) is 44.7 Å². The molecule has 118 valence electrons. The number of thiophene rings is 1. The first kappa shape index (κ1) is 15.5. The number of aryl methyl sites for hydroxylation is 2. The Bertz CT molecular complexity index is 454. The molecule has 2 heterocycles. The molecule has 1 aliphatic heterocycles. The fourth-order valence-corrected chi connectivity index (χ4v) is 5.20. The summed E-state index contributed by atoms with van der Waals surface area (Å²) in [5.74, 6) is 0. The van der Waals surface area contributed by atoms with E-state index in [-0.39, 0.29) is 0 Å². The van der Waals surface area contributed by atoms with Crippen LogP contribution in [0.4, 0.5) is 0 Å². The maximum Gasteiger partial charge on any atom is 0.0332 e. The molecule has 2 nitrogen and oxygen atoms in total. The molecule has 1 N–H and O–H groups in total. The molecular formula is C18H30N2S. The lowest BCUT2D eigenvalue weighted by molar-refractivity contribution is 0.0491. The van der Waals surface area contributed by atoms with E-state index in [1.807, 2.05) is 11.3 Å². The lowest BCUT2D eigenvalue weighted by atomic mass is 9.79. The average molecular weight is 307 g/mol. The minimum absolute atomic E-state index is 0.422. The van der Waals surface area contributed by atoms with Crippen molar-refractivity contribution in [2.45, 2.75) is 77.4 Å². The summed E-state index contributed by atoms with van der Waals surface area (Å²) < 4.78 is 0. The molecule has 1 unspecified atom stereocenters. The Morgan fingerprint density at radius 2 is 2.05 bits per heavy atom. The van der Waals surface area contributed by atoms with Crippen LogP contribution >= 0.6 is 11.3 Å². The summed E-state index contributed by atoms with van der Waals surface area (Å²) in [6, 6.07) is 3.11. The third kappa shape index (κ3) is 3.35. The number of rotatable bonds is 3. The Hall–Kier alpha value is -0.380. The Labute approximate surface area is 133 Å². The van der Waals surface area contributed by atoms with Crippen LogP contribution in [0.15, 0.2) is 6.07 Å².